The summed E-state index contributed by atoms with van der Waals surface area (Å²) in [6.07, 6.45) is 10.4. The number of anilines is 1. The molecule has 0 saturated carbocycles. The average Bonchev–Trinajstić information content (AvgIpc) is 3.62. The summed E-state index contributed by atoms with van der Waals surface area (Å²) in [5, 5.41) is 17.8. The number of nitrogens with zero attached hydrogens (tertiary/aromatic N) is 9. The number of nitriles is 1. The maximum absolute atomic E-state index is 12.1. The Morgan fingerprint density at radius 3 is 2.48 bits per heavy atom. The molecule has 12 nitrogen and oxygen atoms in total. The van der Waals surface area contributed by atoms with E-state index in [2.05, 4.69) is 67.1 Å². The van der Waals surface area contributed by atoms with Crippen LogP contribution in [0.2, 0.25) is 0 Å². The highest BCUT2D eigenvalue weighted by Crippen LogP contribution is 2.36. The van der Waals surface area contributed by atoms with Gasteiger partial charge in [-0.05, 0) is 39.5 Å². The predicted molar refractivity (Wildman–Crippen MR) is 154 cm³/mol. The molecule has 1 saturated heterocycles. The van der Waals surface area contributed by atoms with Gasteiger partial charge in [0.2, 0.25) is 0 Å². The molecular weight excluding hydrogens is 506 g/mol. The van der Waals surface area contributed by atoms with Gasteiger partial charge in [-0.3, -0.25) is 9.48 Å². The Labute approximate surface area is 234 Å². The van der Waals surface area contributed by atoms with E-state index in [1.807, 2.05) is 41.9 Å². The quantitative estimate of drug-likeness (QED) is 0.325. The minimum absolute atomic E-state index is 0.0237. The molecule has 0 unspecified atom stereocenters. The maximum atomic E-state index is 12.1. The zero-order valence-corrected chi connectivity index (χ0v) is 23.8. The third-order valence-corrected chi connectivity index (χ3v) is 7.03. The van der Waals surface area contributed by atoms with Crippen LogP contribution in [0.25, 0.3) is 22.3 Å². The lowest BCUT2D eigenvalue weighted by Gasteiger charge is -2.49. The van der Waals surface area contributed by atoms with E-state index in [0.717, 1.165) is 22.3 Å². The highest BCUT2D eigenvalue weighted by atomic mass is 16.1. The van der Waals surface area contributed by atoms with E-state index in [-0.39, 0.29) is 17.6 Å². The summed E-state index contributed by atoms with van der Waals surface area (Å²) in [6, 6.07) is 4.25. The number of nitrogens with one attached hydrogen (secondary N) is 2. The second-order valence-corrected chi connectivity index (χ2v) is 10.1. The van der Waals surface area contributed by atoms with Crippen molar-refractivity contribution in [3.05, 3.63) is 49.1 Å². The van der Waals surface area contributed by atoms with Gasteiger partial charge in [0.25, 0.3) is 5.91 Å². The molecule has 2 N–H and O–H groups in total. The molecule has 4 aromatic rings. The minimum atomic E-state index is -0.480. The van der Waals surface area contributed by atoms with Crippen LogP contribution in [0.3, 0.4) is 0 Å². The molecule has 1 amide bonds. The van der Waals surface area contributed by atoms with Crippen molar-refractivity contribution in [2.24, 2.45) is 0 Å². The number of hydrogen-bond acceptors (Lipinski definition) is 9. The molecule has 4 aromatic heterocycles. The van der Waals surface area contributed by atoms with Crippen LogP contribution in [0.1, 0.15) is 51.5 Å². The normalized spacial score (nSPS) is 14.0. The highest BCUT2D eigenvalue weighted by molar-refractivity contribution is 5.92. The van der Waals surface area contributed by atoms with Crippen molar-refractivity contribution in [2.75, 3.05) is 37.6 Å². The summed E-state index contributed by atoms with van der Waals surface area (Å²) >= 11 is 0. The molecule has 0 bridgehead atoms. The number of rotatable bonds is 9. The predicted octanol–water partition coefficient (Wildman–Crippen LogP) is 3.23. The highest BCUT2D eigenvalue weighted by Gasteiger charge is 2.46. The molecule has 0 aliphatic carbocycles. The van der Waals surface area contributed by atoms with Crippen molar-refractivity contribution in [3.8, 4) is 17.3 Å². The van der Waals surface area contributed by atoms with Gasteiger partial charge in [-0.15, -0.1) is 0 Å². The molecule has 1 aliphatic heterocycles. The van der Waals surface area contributed by atoms with Gasteiger partial charge in [0.15, 0.2) is 0 Å². The summed E-state index contributed by atoms with van der Waals surface area (Å²) in [6.45, 7) is 15.0. The number of carbonyl (C=O) groups is 1. The SMILES string of the molecule is CC(C)NC(=O)c1cnc(N2CC(CC#N)(n3cc(-c4ncnc5[nH]ccc45)cn3)C2)cn1.CCN(CC)CC. The number of H-pyrrole nitrogens is 1. The zero-order valence-electron chi connectivity index (χ0n) is 23.8. The molecule has 210 valence electrons. The molecule has 0 atom stereocenters. The molecule has 12 heteroatoms. The Kier molecular flexibility index (Phi) is 9.06. The van der Waals surface area contributed by atoms with Crippen LogP contribution in [0.5, 0.6) is 0 Å². The molecular formula is C28H37N11O. The first-order valence-corrected chi connectivity index (χ1v) is 13.6. The van der Waals surface area contributed by atoms with Crippen molar-refractivity contribution in [2.45, 2.75) is 52.6 Å². The minimum Gasteiger partial charge on any atom is -0.350 e. The topological polar surface area (TPSA) is 145 Å². The Balaban J connectivity index is 0.000000470. The van der Waals surface area contributed by atoms with Gasteiger partial charge in [-0.2, -0.15) is 10.4 Å². The number of fused-ring (bicyclic) bond motifs is 1. The molecule has 5 heterocycles. The third-order valence-electron chi connectivity index (χ3n) is 7.03. The molecule has 40 heavy (non-hydrogen) atoms. The van der Waals surface area contributed by atoms with Gasteiger partial charge in [-0.1, -0.05) is 20.8 Å². The first-order chi connectivity index (χ1) is 19.3. The monoisotopic (exact) mass is 543 g/mol. The maximum Gasteiger partial charge on any atom is 0.271 e. The van der Waals surface area contributed by atoms with Gasteiger partial charge in [0, 0.05) is 42.5 Å². The summed E-state index contributed by atoms with van der Waals surface area (Å²) in [7, 11) is 0. The lowest BCUT2D eigenvalue weighted by Crippen LogP contribution is -2.63. The Morgan fingerprint density at radius 2 is 1.88 bits per heavy atom. The first-order valence-electron chi connectivity index (χ1n) is 13.6. The van der Waals surface area contributed by atoms with E-state index in [9.17, 15) is 10.1 Å². The van der Waals surface area contributed by atoms with E-state index in [1.165, 1.54) is 32.2 Å². The van der Waals surface area contributed by atoms with Crippen molar-refractivity contribution in [1.29, 1.82) is 5.26 Å². The average molecular weight is 544 g/mol. The zero-order chi connectivity index (χ0) is 28.7. The number of aromatic nitrogens is 7. The van der Waals surface area contributed by atoms with Gasteiger partial charge < -0.3 is 20.1 Å². The summed E-state index contributed by atoms with van der Waals surface area (Å²) < 4.78 is 1.85. The molecule has 5 rings (SSSR count). The van der Waals surface area contributed by atoms with E-state index < -0.39 is 5.54 Å². The van der Waals surface area contributed by atoms with E-state index in [4.69, 9.17) is 0 Å². The van der Waals surface area contributed by atoms with E-state index in [0.29, 0.717) is 25.3 Å². The molecule has 1 fully saturated rings. The van der Waals surface area contributed by atoms with Crippen molar-refractivity contribution >= 4 is 22.8 Å². The van der Waals surface area contributed by atoms with Crippen molar-refractivity contribution in [1.82, 2.24) is 44.9 Å². The lowest BCUT2D eigenvalue weighted by atomic mass is 9.87. The summed E-state index contributed by atoms with van der Waals surface area (Å²) in [4.78, 5) is 36.9. The van der Waals surface area contributed by atoms with Crippen molar-refractivity contribution < 1.29 is 4.79 Å². The van der Waals surface area contributed by atoms with Gasteiger partial charge in [0.05, 0.1) is 36.8 Å². The van der Waals surface area contributed by atoms with Crippen LogP contribution in [0.4, 0.5) is 5.82 Å². The molecule has 0 spiro atoms. The second kappa shape index (κ2) is 12.7. The number of amides is 1. The van der Waals surface area contributed by atoms with Crippen LogP contribution in [-0.2, 0) is 5.54 Å². The summed E-state index contributed by atoms with van der Waals surface area (Å²) in [5.74, 6) is 0.402. The lowest BCUT2D eigenvalue weighted by molar-refractivity contribution is 0.0937. The molecule has 0 aromatic carbocycles. The van der Waals surface area contributed by atoms with Crippen LogP contribution >= 0.6 is 0 Å². The number of aromatic amines is 1. The Hall–Kier alpha value is -4.37. The van der Waals surface area contributed by atoms with Crippen LogP contribution in [0, 0.1) is 11.3 Å². The molecule has 1 aliphatic rings. The van der Waals surface area contributed by atoms with E-state index >= 15 is 0 Å². The Bertz CT molecular complexity index is 1440. The first kappa shape index (κ1) is 28.6. The third kappa shape index (κ3) is 6.10. The van der Waals surface area contributed by atoms with Crippen molar-refractivity contribution in [3.63, 3.8) is 0 Å². The number of hydrogen-bond donors (Lipinski definition) is 2. The van der Waals surface area contributed by atoms with Crippen LogP contribution in [-0.4, -0.2) is 84.3 Å². The molecule has 0 radical (unpaired) electrons. The fourth-order valence-electron chi connectivity index (χ4n) is 4.73. The van der Waals surface area contributed by atoms with Crippen LogP contribution in [0.15, 0.2) is 43.4 Å². The Morgan fingerprint density at radius 1 is 1.12 bits per heavy atom. The van der Waals surface area contributed by atoms with Gasteiger partial charge >= 0.3 is 0 Å². The fourth-order valence-corrected chi connectivity index (χ4v) is 4.73. The number of carbonyl (C=O) groups excluding carboxylic acids is 1. The summed E-state index contributed by atoms with van der Waals surface area (Å²) in [5.41, 5.74) is 2.20. The van der Waals surface area contributed by atoms with Gasteiger partial charge in [-0.25, -0.2) is 19.9 Å². The standard InChI is InChI=1S/C22H22N10O.C6H15N/c1-14(2)30-21(33)17-8-26-18(9-25-17)31-11-22(12-31,4-5-23)32-10-15(7-29-32)19-16-3-6-24-20(16)28-13-27-19;1-4-7(5-2)6-3/h3,6-10,13-14H,4,11-12H2,1-2H3,(H,30,33)(H,24,27,28);4-6H2,1-3H3. The van der Waals surface area contributed by atoms with E-state index in [1.54, 1.807) is 12.4 Å². The van der Waals surface area contributed by atoms with Crippen LogP contribution < -0.4 is 10.2 Å². The second-order valence-electron chi connectivity index (χ2n) is 10.1. The van der Waals surface area contributed by atoms with Gasteiger partial charge in [0.1, 0.15) is 29.0 Å². The smallest absolute Gasteiger partial charge is 0.271 e. The largest absolute Gasteiger partial charge is 0.350 e. The fraction of sp³-hybridized carbons (Fsp3) is 0.464.